The van der Waals surface area contributed by atoms with Gasteiger partial charge in [0.2, 0.25) is 15.9 Å². The van der Waals surface area contributed by atoms with Crippen molar-refractivity contribution < 1.29 is 13.2 Å². The molecule has 100 valence electrons. The van der Waals surface area contributed by atoms with Crippen molar-refractivity contribution >= 4 is 31.9 Å². The zero-order valence-corrected chi connectivity index (χ0v) is 12.3. The van der Waals surface area contributed by atoms with E-state index in [4.69, 9.17) is 0 Å². The van der Waals surface area contributed by atoms with Crippen LogP contribution in [0.15, 0.2) is 33.6 Å². The first kappa shape index (κ1) is 15.1. The van der Waals surface area contributed by atoms with Crippen LogP contribution in [0.3, 0.4) is 0 Å². The van der Waals surface area contributed by atoms with Gasteiger partial charge in [0.05, 0.1) is 11.4 Å². The van der Waals surface area contributed by atoms with Crippen molar-refractivity contribution in [3.05, 3.63) is 28.7 Å². The second-order valence-electron chi connectivity index (χ2n) is 3.63. The maximum Gasteiger partial charge on any atom is 0.241 e. The van der Waals surface area contributed by atoms with E-state index in [0.717, 1.165) is 6.42 Å². The van der Waals surface area contributed by atoms with Gasteiger partial charge in [0.15, 0.2) is 0 Å². The monoisotopic (exact) mass is 334 g/mol. The Morgan fingerprint density at radius 2 is 2.11 bits per heavy atom. The third-order valence-electron chi connectivity index (χ3n) is 2.10. The van der Waals surface area contributed by atoms with Gasteiger partial charge in [-0.25, -0.2) is 13.1 Å². The topological polar surface area (TPSA) is 75.3 Å². The standard InChI is InChI=1S/C11H15BrN2O3S/c1-2-6-13-11(15)8-14-18(16,17)10-5-3-4-9(12)7-10/h3-5,7,14H,2,6,8H2,1H3,(H,13,15). The van der Waals surface area contributed by atoms with Crippen LogP contribution in [0.2, 0.25) is 0 Å². The number of halogens is 1. The van der Waals surface area contributed by atoms with Crippen LogP contribution < -0.4 is 10.0 Å². The van der Waals surface area contributed by atoms with Gasteiger partial charge in [0.25, 0.3) is 0 Å². The molecule has 1 aromatic rings. The Balaban J connectivity index is 2.63. The molecule has 2 N–H and O–H groups in total. The summed E-state index contributed by atoms with van der Waals surface area (Å²) in [6.07, 6.45) is 0.810. The maximum atomic E-state index is 11.9. The zero-order valence-electron chi connectivity index (χ0n) is 9.94. The smallest absolute Gasteiger partial charge is 0.241 e. The molecular formula is C11H15BrN2O3S. The van der Waals surface area contributed by atoms with Crippen molar-refractivity contribution in [3.63, 3.8) is 0 Å². The predicted molar refractivity (Wildman–Crippen MR) is 72.6 cm³/mol. The van der Waals surface area contributed by atoms with Gasteiger partial charge >= 0.3 is 0 Å². The van der Waals surface area contributed by atoms with Crippen LogP contribution in [0.1, 0.15) is 13.3 Å². The number of hydrogen-bond donors (Lipinski definition) is 2. The molecule has 5 nitrogen and oxygen atoms in total. The fourth-order valence-electron chi connectivity index (χ4n) is 1.20. The fraction of sp³-hybridized carbons (Fsp3) is 0.364. The maximum absolute atomic E-state index is 11.9. The molecule has 0 radical (unpaired) electrons. The molecule has 1 rings (SSSR count). The summed E-state index contributed by atoms with van der Waals surface area (Å²) in [5.74, 6) is -0.338. The Hall–Kier alpha value is -0.920. The first-order valence-corrected chi connectivity index (χ1v) is 7.75. The second-order valence-corrected chi connectivity index (χ2v) is 6.31. The van der Waals surface area contributed by atoms with E-state index in [1.807, 2.05) is 6.92 Å². The van der Waals surface area contributed by atoms with Gasteiger partial charge < -0.3 is 5.32 Å². The van der Waals surface area contributed by atoms with Crippen LogP contribution in [-0.2, 0) is 14.8 Å². The van der Waals surface area contributed by atoms with Crippen LogP contribution in [0, 0.1) is 0 Å². The molecule has 0 aliphatic rings. The molecule has 0 heterocycles. The lowest BCUT2D eigenvalue weighted by Gasteiger charge is -2.07. The molecule has 1 amide bonds. The summed E-state index contributed by atoms with van der Waals surface area (Å²) in [6, 6.07) is 6.30. The van der Waals surface area contributed by atoms with Crippen LogP contribution >= 0.6 is 15.9 Å². The lowest BCUT2D eigenvalue weighted by molar-refractivity contribution is -0.119. The fourth-order valence-corrected chi connectivity index (χ4v) is 2.78. The highest BCUT2D eigenvalue weighted by atomic mass is 79.9. The molecule has 7 heteroatoms. The molecule has 0 aromatic heterocycles. The first-order valence-electron chi connectivity index (χ1n) is 5.47. The average molecular weight is 335 g/mol. The molecule has 0 saturated carbocycles. The van der Waals surface area contributed by atoms with E-state index in [-0.39, 0.29) is 17.3 Å². The van der Waals surface area contributed by atoms with Gasteiger partial charge in [0, 0.05) is 11.0 Å². The van der Waals surface area contributed by atoms with E-state index < -0.39 is 10.0 Å². The average Bonchev–Trinajstić information content (AvgIpc) is 2.34. The summed E-state index contributed by atoms with van der Waals surface area (Å²) in [5, 5.41) is 2.59. The van der Waals surface area contributed by atoms with E-state index in [2.05, 4.69) is 26.0 Å². The van der Waals surface area contributed by atoms with Crippen molar-refractivity contribution in [3.8, 4) is 0 Å². The highest BCUT2D eigenvalue weighted by Gasteiger charge is 2.15. The van der Waals surface area contributed by atoms with Crippen molar-refractivity contribution in [2.45, 2.75) is 18.2 Å². The van der Waals surface area contributed by atoms with Gasteiger partial charge in [-0.2, -0.15) is 0 Å². The van der Waals surface area contributed by atoms with Crippen molar-refractivity contribution in [2.75, 3.05) is 13.1 Å². The lowest BCUT2D eigenvalue weighted by atomic mass is 10.4. The number of carbonyl (C=O) groups excluding carboxylic acids is 1. The Bertz CT molecular complexity index is 517. The van der Waals surface area contributed by atoms with Crippen LogP contribution in [0.25, 0.3) is 0 Å². The van der Waals surface area contributed by atoms with E-state index in [0.29, 0.717) is 11.0 Å². The molecule has 18 heavy (non-hydrogen) atoms. The molecule has 0 spiro atoms. The Morgan fingerprint density at radius 1 is 1.39 bits per heavy atom. The number of benzene rings is 1. The van der Waals surface area contributed by atoms with Gasteiger partial charge in [-0.15, -0.1) is 0 Å². The number of carbonyl (C=O) groups is 1. The molecule has 0 saturated heterocycles. The van der Waals surface area contributed by atoms with E-state index in [9.17, 15) is 13.2 Å². The SMILES string of the molecule is CCCNC(=O)CNS(=O)(=O)c1cccc(Br)c1. The summed E-state index contributed by atoms with van der Waals surface area (Å²) in [4.78, 5) is 11.4. The summed E-state index contributed by atoms with van der Waals surface area (Å²) >= 11 is 3.20. The highest BCUT2D eigenvalue weighted by molar-refractivity contribution is 9.10. The van der Waals surface area contributed by atoms with E-state index >= 15 is 0 Å². The van der Waals surface area contributed by atoms with Crippen molar-refractivity contribution in [2.24, 2.45) is 0 Å². The molecule has 0 bridgehead atoms. The molecule has 0 aliphatic carbocycles. The molecule has 0 fully saturated rings. The third-order valence-corrected chi connectivity index (χ3v) is 3.99. The summed E-state index contributed by atoms with van der Waals surface area (Å²) in [7, 11) is -3.64. The number of nitrogens with one attached hydrogen (secondary N) is 2. The summed E-state index contributed by atoms with van der Waals surface area (Å²) in [5.41, 5.74) is 0. The van der Waals surface area contributed by atoms with Gasteiger partial charge in [-0.1, -0.05) is 28.9 Å². The second kappa shape index (κ2) is 6.86. The van der Waals surface area contributed by atoms with Crippen molar-refractivity contribution in [1.82, 2.24) is 10.0 Å². The molecule has 0 unspecified atom stereocenters. The van der Waals surface area contributed by atoms with Gasteiger partial charge in [0.1, 0.15) is 0 Å². The highest BCUT2D eigenvalue weighted by Crippen LogP contribution is 2.15. The number of rotatable bonds is 6. The minimum absolute atomic E-state index is 0.125. The third kappa shape index (κ3) is 4.75. The van der Waals surface area contributed by atoms with Gasteiger partial charge in [-0.05, 0) is 24.6 Å². The van der Waals surface area contributed by atoms with E-state index in [1.54, 1.807) is 12.1 Å². The minimum Gasteiger partial charge on any atom is -0.355 e. The number of amides is 1. The summed E-state index contributed by atoms with van der Waals surface area (Å²) in [6.45, 7) is 2.21. The number of hydrogen-bond acceptors (Lipinski definition) is 3. The Morgan fingerprint density at radius 3 is 2.72 bits per heavy atom. The van der Waals surface area contributed by atoms with Crippen molar-refractivity contribution in [1.29, 1.82) is 0 Å². The molecule has 1 aromatic carbocycles. The Kier molecular flexibility index (Phi) is 5.77. The quantitative estimate of drug-likeness (QED) is 0.822. The molecular weight excluding hydrogens is 320 g/mol. The van der Waals surface area contributed by atoms with Crippen LogP contribution in [-0.4, -0.2) is 27.4 Å². The lowest BCUT2D eigenvalue weighted by Crippen LogP contribution is -2.37. The molecule has 0 aliphatic heterocycles. The molecule has 0 atom stereocenters. The van der Waals surface area contributed by atoms with Gasteiger partial charge in [-0.3, -0.25) is 4.79 Å². The minimum atomic E-state index is -3.64. The largest absolute Gasteiger partial charge is 0.355 e. The van der Waals surface area contributed by atoms with Crippen LogP contribution in [0.5, 0.6) is 0 Å². The zero-order chi connectivity index (χ0) is 13.6. The number of sulfonamides is 1. The van der Waals surface area contributed by atoms with E-state index in [1.165, 1.54) is 12.1 Å². The Labute approximate surface area is 115 Å². The first-order chi connectivity index (χ1) is 8.45. The predicted octanol–water partition coefficient (Wildman–Crippen LogP) is 1.25. The normalized spacial score (nSPS) is 11.2. The van der Waals surface area contributed by atoms with Crippen LogP contribution in [0.4, 0.5) is 0 Å². The summed E-state index contributed by atoms with van der Waals surface area (Å²) < 4.78 is 26.6.